The molecule has 0 amide bonds. The van der Waals surface area contributed by atoms with Gasteiger partial charge >= 0.3 is 0 Å². The first-order chi connectivity index (χ1) is 14.8. The van der Waals surface area contributed by atoms with Gasteiger partial charge in [-0.05, 0) is 74.5 Å². The van der Waals surface area contributed by atoms with Crippen LogP contribution in [0, 0.1) is 0 Å². The van der Waals surface area contributed by atoms with Crippen LogP contribution in [0.4, 0.5) is 5.82 Å². The zero-order valence-corrected chi connectivity index (χ0v) is 17.8. The van der Waals surface area contributed by atoms with Gasteiger partial charge in [-0.25, -0.2) is 9.50 Å². The molecule has 1 saturated heterocycles. The van der Waals surface area contributed by atoms with E-state index in [1.807, 2.05) is 22.8 Å². The van der Waals surface area contributed by atoms with Crippen molar-refractivity contribution in [3.63, 3.8) is 0 Å². The van der Waals surface area contributed by atoms with Gasteiger partial charge in [0.15, 0.2) is 5.65 Å². The van der Waals surface area contributed by atoms with Crippen LogP contribution in [-0.4, -0.2) is 34.2 Å². The number of nitrogens with zero attached hydrogens (tertiary/aromatic N) is 3. The van der Waals surface area contributed by atoms with E-state index in [1.54, 1.807) is 0 Å². The van der Waals surface area contributed by atoms with Crippen molar-refractivity contribution >= 4 is 11.5 Å². The molecule has 5 nitrogen and oxygen atoms in total. The van der Waals surface area contributed by atoms with Gasteiger partial charge in [-0.15, -0.1) is 5.10 Å². The van der Waals surface area contributed by atoms with Crippen LogP contribution in [0.15, 0.2) is 66.4 Å². The van der Waals surface area contributed by atoms with Crippen LogP contribution in [0.2, 0.25) is 0 Å². The Morgan fingerprint density at radius 2 is 2.00 bits per heavy atom. The van der Waals surface area contributed by atoms with E-state index in [0.29, 0.717) is 0 Å². The summed E-state index contributed by atoms with van der Waals surface area (Å²) in [6.07, 6.45) is 14.7. The number of hydrogen-bond acceptors (Lipinski definition) is 4. The van der Waals surface area contributed by atoms with E-state index in [2.05, 4.69) is 65.0 Å². The lowest BCUT2D eigenvalue weighted by Crippen LogP contribution is -2.08. The van der Waals surface area contributed by atoms with Crippen LogP contribution in [-0.2, 0) is 6.42 Å². The Bertz CT molecular complexity index is 1020. The first kappa shape index (κ1) is 20.4. The highest BCUT2D eigenvalue weighted by Gasteiger charge is 2.09. The maximum absolute atomic E-state index is 4.74. The molecule has 0 radical (unpaired) electrons. The highest BCUT2D eigenvalue weighted by atomic mass is 15.3. The quantitative estimate of drug-likeness (QED) is 0.630. The third-order valence-electron chi connectivity index (χ3n) is 5.50. The summed E-state index contributed by atoms with van der Waals surface area (Å²) in [5, 5.41) is 11.4. The van der Waals surface area contributed by atoms with Crippen LogP contribution in [0.5, 0.6) is 0 Å². The molecule has 0 spiro atoms. The zero-order chi connectivity index (χ0) is 20.6. The van der Waals surface area contributed by atoms with Crippen molar-refractivity contribution in [1.29, 1.82) is 0 Å². The maximum Gasteiger partial charge on any atom is 0.154 e. The molecule has 1 aromatic carbocycles. The van der Waals surface area contributed by atoms with Crippen molar-refractivity contribution in [2.45, 2.75) is 39.0 Å². The Hall–Kier alpha value is -2.92. The van der Waals surface area contributed by atoms with Crippen LogP contribution < -0.4 is 10.6 Å². The highest BCUT2D eigenvalue weighted by Crippen LogP contribution is 2.22. The lowest BCUT2D eigenvalue weighted by molar-refractivity contribution is 0.857. The fraction of sp³-hybridized carbons (Fsp3) is 0.360. The van der Waals surface area contributed by atoms with Crippen molar-refractivity contribution in [3.05, 3.63) is 72.0 Å². The van der Waals surface area contributed by atoms with Gasteiger partial charge < -0.3 is 10.6 Å². The van der Waals surface area contributed by atoms with E-state index in [-0.39, 0.29) is 0 Å². The number of allylic oxidation sites excluding steroid dienone is 2. The van der Waals surface area contributed by atoms with Gasteiger partial charge in [-0.3, -0.25) is 0 Å². The van der Waals surface area contributed by atoms with Gasteiger partial charge in [0.25, 0.3) is 0 Å². The average Bonchev–Trinajstić information content (AvgIpc) is 3.52. The number of benzene rings is 1. The molecule has 156 valence electrons. The molecule has 3 aromatic rings. The third-order valence-corrected chi connectivity index (χ3v) is 5.50. The predicted molar refractivity (Wildman–Crippen MR) is 125 cm³/mol. The molecule has 5 heteroatoms. The molecule has 30 heavy (non-hydrogen) atoms. The van der Waals surface area contributed by atoms with Crippen molar-refractivity contribution in [3.8, 4) is 11.3 Å². The first-order valence-corrected chi connectivity index (χ1v) is 11.1. The maximum atomic E-state index is 4.74. The normalized spacial score (nSPS) is 15.6. The lowest BCUT2D eigenvalue weighted by Gasteiger charge is -2.10. The number of imidazole rings is 1. The summed E-state index contributed by atoms with van der Waals surface area (Å²) < 4.78 is 1.92. The summed E-state index contributed by atoms with van der Waals surface area (Å²) in [6.45, 7) is 5.46. The molecule has 5 rings (SSSR count). The average molecular weight is 402 g/mol. The van der Waals surface area contributed by atoms with Gasteiger partial charge in [0.2, 0.25) is 0 Å². The number of aromatic nitrogens is 3. The molecule has 0 bridgehead atoms. The largest absolute Gasteiger partial charge is 0.365 e. The minimum absolute atomic E-state index is 0.796. The third kappa shape index (κ3) is 5.16. The Kier molecular flexibility index (Phi) is 6.93. The minimum Gasteiger partial charge on any atom is -0.365 e. The van der Waals surface area contributed by atoms with Crippen LogP contribution in [0.3, 0.4) is 0 Å². The second-order valence-electron chi connectivity index (χ2n) is 7.76. The molecular formula is C25H31N5. The number of nitrogens with one attached hydrogen (secondary N) is 2. The second-order valence-corrected chi connectivity index (χ2v) is 7.76. The standard InChI is InChI=1S/C21H22N4.C4H9N/c1-2-16-9-6-10-18(13-16)19-15-23-21-12-11-20(24-25(19)21)22-14-17-7-4-3-5-8-17;1-2-4-5-3-1/h4,6-13,15H,2-3,5,14H2,1H3,(H,22,24);5H,1-4H2. The van der Waals surface area contributed by atoms with Gasteiger partial charge in [0.05, 0.1) is 11.9 Å². The van der Waals surface area contributed by atoms with Crippen LogP contribution >= 0.6 is 0 Å². The molecule has 1 aliphatic carbocycles. The number of aryl methyl sites for hydroxylation is 1. The van der Waals surface area contributed by atoms with E-state index in [0.717, 1.165) is 48.5 Å². The summed E-state index contributed by atoms with van der Waals surface area (Å²) in [7, 11) is 0. The topological polar surface area (TPSA) is 54.2 Å². The highest BCUT2D eigenvalue weighted by molar-refractivity contribution is 5.64. The van der Waals surface area contributed by atoms with E-state index in [4.69, 9.17) is 5.10 Å². The summed E-state index contributed by atoms with van der Waals surface area (Å²) in [5.41, 5.74) is 5.66. The van der Waals surface area contributed by atoms with Gasteiger partial charge in [-0.2, -0.15) is 0 Å². The molecule has 2 N–H and O–H groups in total. The smallest absolute Gasteiger partial charge is 0.154 e. The summed E-state index contributed by atoms with van der Waals surface area (Å²) >= 11 is 0. The molecule has 2 aliphatic rings. The Balaban J connectivity index is 0.000000383. The van der Waals surface area contributed by atoms with Crippen molar-refractivity contribution < 1.29 is 0 Å². The van der Waals surface area contributed by atoms with E-state index < -0.39 is 0 Å². The molecule has 2 aromatic heterocycles. The van der Waals surface area contributed by atoms with Gasteiger partial charge in [-0.1, -0.05) is 43.4 Å². The number of hydrogen-bond donors (Lipinski definition) is 2. The zero-order valence-electron chi connectivity index (χ0n) is 17.8. The Morgan fingerprint density at radius 3 is 2.73 bits per heavy atom. The summed E-state index contributed by atoms with van der Waals surface area (Å²) in [6, 6.07) is 12.6. The van der Waals surface area contributed by atoms with Crippen molar-refractivity contribution in [1.82, 2.24) is 19.9 Å². The van der Waals surface area contributed by atoms with Crippen LogP contribution in [0.1, 0.15) is 38.2 Å². The van der Waals surface area contributed by atoms with E-state index in [9.17, 15) is 0 Å². The van der Waals surface area contributed by atoms with Gasteiger partial charge in [0, 0.05) is 12.1 Å². The SMILES string of the molecule is C1CCNC1.CCc1cccc(-c2cnc3ccc(NCC4=CCCC=C4)nn23)c1. The van der Waals surface area contributed by atoms with Crippen molar-refractivity contribution in [2.24, 2.45) is 0 Å². The fourth-order valence-electron chi connectivity index (χ4n) is 3.73. The van der Waals surface area contributed by atoms with E-state index in [1.165, 1.54) is 37.1 Å². The molecule has 0 saturated carbocycles. The monoisotopic (exact) mass is 401 g/mol. The lowest BCUT2D eigenvalue weighted by atomic mass is 10.1. The molecule has 1 fully saturated rings. The number of rotatable bonds is 5. The van der Waals surface area contributed by atoms with E-state index >= 15 is 0 Å². The molecule has 1 aliphatic heterocycles. The van der Waals surface area contributed by atoms with Gasteiger partial charge in [0.1, 0.15) is 5.82 Å². The Morgan fingerprint density at radius 1 is 1.10 bits per heavy atom. The Labute approximate surface area is 178 Å². The second kappa shape index (κ2) is 10.2. The molecule has 0 atom stereocenters. The fourth-order valence-corrected chi connectivity index (χ4v) is 3.73. The first-order valence-electron chi connectivity index (χ1n) is 11.1. The van der Waals surface area contributed by atoms with Crippen LogP contribution in [0.25, 0.3) is 16.9 Å². The molecular weight excluding hydrogens is 370 g/mol. The summed E-state index contributed by atoms with van der Waals surface area (Å²) in [4.78, 5) is 4.49. The molecule has 0 unspecified atom stereocenters. The predicted octanol–water partition coefficient (Wildman–Crippen LogP) is 5.02. The number of anilines is 1. The molecule has 3 heterocycles. The van der Waals surface area contributed by atoms with Crippen molar-refractivity contribution in [2.75, 3.05) is 25.0 Å². The summed E-state index contributed by atoms with van der Waals surface area (Å²) in [5.74, 6) is 0.860. The minimum atomic E-state index is 0.796. The number of fused-ring (bicyclic) bond motifs is 1.